The second kappa shape index (κ2) is 7.28. The molecule has 1 rings (SSSR count). The van der Waals surface area contributed by atoms with Crippen LogP contribution in [0.2, 0.25) is 0 Å². The number of halogens is 1. The maximum Gasteiger partial charge on any atom is 0.125 e. The molecule has 0 saturated heterocycles. The summed E-state index contributed by atoms with van der Waals surface area (Å²) in [5.41, 5.74) is 0.915. The zero-order valence-electron chi connectivity index (χ0n) is 10.7. The first kappa shape index (κ1) is 14.0. The van der Waals surface area contributed by atoms with E-state index in [1.165, 1.54) is 6.07 Å². The number of aliphatic hydroxyl groups excluding tert-OH is 1. The molecule has 0 saturated carbocycles. The number of aliphatic hydroxyl groups is 1. The van der Waals surface area contributed by atoms with Gasteiger partial charge in [-0.1, -0.05) is 13.0 Å². The van der Waals surface area contributed by atoms with E-state index in [-0.39, 0.29) is 11.9 Å². The zero-order chi connectivity index (χ0) is 12.7. The van der Waals surface area contributed by atoms with Crippen LogP contribution in [0, 0.1) is 5.82 Å². The molecule has 0 heterocycles. The standard InChI is InChI=1S/C14H22FNO/c1-3-14(17)9-6-10-16(4-2)13-8-5-7-12(15)11-13/h5,7-8,11,14,17H,3-4,6,9-10H2,1-2H3. The number of anilines is 1. The van der Waals surface area contributed by atoms with Crippen LogP contribution in [0.3, 0.4) is 0 Å². The van der Waals surface area contributed by atoms with Gasteiger partial charge in [0.1, 0.15) is 5.82 Å². The molecule has 0 bridgehead atoms. The quantitative estimate of drug-likeness (QED) is 0.789. The summed E-state index contributed by atoms with van der Waals surface area (Å²) in [5, 5.41) is 9.48. The van der Waals surface area contributed by atoms with E-state index in [9.17, 15) is 9.50 Å². The zero-order valence-corrected chi connectivity index (χ0v) is 10.7. The maximum absolute atomic E-state index is 13.1. The minimum absolute atomic E-state index is 0.199. The Morgan fingerprint density at radius 2 is 2.12 bits per heavy atom. The van der Waals surface area contributed by atoms with Gasteiger partial charge in [-0.3, -0.25) is 0 Å². The van der Waals surface area contributed by atoms with Gasteiger partial charge >= 0.3 is 0 Å². The smallest absolute Gasteiger partial charge is 0.125 e. The molecule has 96 valence electrons. The van der Waals surface area contributed by atoms with Gasteiger partial charge in [0.25, 0.3) is 0 Å². The molecule has 0 fully saturated rings. The van der Waals surface area contributed by atoms with Gasteiger partial charge in [0, 0.05) is 18.8 Å². The summed E-state index contributed by atoms with van der Waals surface area (Å²) >= 11 is 0. The van der Waals surface area contributed by atoms with E-state index in [0.717, 1.165) is 38.0 Å². The summed E-state index contributed by atoms with van der Waals surface area (Å²) in [7, 11) is 0. The molecule has 1 aromatic rings. The second-order valence-electron chi connectivity index (χ2n) is 4.26. The van der Waals surface area contributed by atoms with Gasteiger partial charge in [-0.15, -0.1) is 0 Å². The second-order valence-corrected chi connectivity index (χ2v) is 4.26. The van der Waals surface area contributed by atoms with Crippen LogP contribution in [-0.4, -0.2) is 24.3 Å². The Morgan fingerprint density at radius 1 is 1.35 bits per heavy atom. The van der Waals surface area contributed by atoms with Crippen molar-refractivity contribution in [1.82, 2.24) is 0 Å². The first-order valence-corrected chi connectivity index (χ1v) is 6.36. The van der Waals surface area contributed by atoms with Crippen LogP contribution in [0.1, 0.15) is 33.1 Å². The van der Waals surface area contributed by atoms with Crippen molar-refractivity contribution in [3.05, 3.63) is 30.1 Å². The molecule has 1 atom stereocenters. The van der Waals surface area contributed by atoms with Crippen LogP contribution in [-0.2, 0) is 0 Å². The molecule has 1 unspecified atom stereocenters. The van der Waals surface area contributed by atoms with Gasteiger partial charge < -0.3 is 10.0 Å². The predicted molar refractivity (Wildman–Crippen MR) is 69.8 cm³/mol. The number of hydrogen-bond acceptors (Lipinski definition) is 2. The molecule has 0 aliphatic heterocycles. The molecule has 1 N–H and O–H groups in total. The molecule has 2 nitrogen and oxygen atoms in total. The summed E-state index contributed by atoms with van der Waals surface area (Å²) < 4.78 is 13.1. The Balaban J connectivity index is 2.48. The van der Waals surface area contributed by atoms with Crippen molar-refractivity contribution in [3.8, 4) is 0 Å². The maximum atomic E-state index is 13.1. The lowest BCUT2D eigenvalue weighted by molar-refractivity contribution is 0.158. The Bertz CT molecular complexity index is 330. The van der Waals surface area contributed by atoms with Gasteiger partial charge in [0.05, 0.1) is 6.10 Å². The summed E-state index contributed by atoms with van der Waals surface area (Å²) in [5.74, 6) is -0.199. The number of nitrogens with zero attached hydrogens (tertiary/aromatic N) is 1. The van der Waals surface area contributed by atoms with E-state index in [4.69, 9.17) is 0 Å². The highest BCUT2D eigenvalue weighted by atomic mass is 19.1. The molecular formula is C14H22FNO. The van der Waals surface area contributed by atoms with Crippen LogP contribution in [0.15, 0.2) is 24.3 Å². The largest absolute Gasteiger partial charge is 0.393 e. The average Bonchev–Trinajstić information content (AvgIpc) is 2.34. The van der Waals surface area contributed by atoms with Crippen LogP contribution in [0.5, 0.6) is 0 Å². The lowest BCUT2D eigenvalue weighted by Crippen LogP contribution is -2.24. The lowest BCUT2D eigenvalue weighted by Gasteiger charge is -2.23. The van der Waals surface area contributed by atoms with Crippen molar-refractivity contribution < 1.29 is 9.50 Å². The average molecular weight is 239 g/mol. The monoisotopic (exact) mass is 239 g/mol. The fraction of sp³-hybridized carbons (Fsp3) is 0.571. The summed E-state index contributed by atoms with van der Waals surface area (Å²) in [6.07, 6.45) is 2.33. The van der Waals surface area contributed by atoms with Crippen molar-refractivity contribution in [2.75, 3.05) is 18.0 Å². The van der Waals surface area contributed by atoms with Gasteiger partial charge in [0.15, 0.2) is 0 Å². The summed E-state index contributed by atoms with van der Waals surface area (Å²) in [4.78, 5) is 2.13. The fourth-order valence-corrected chi connectivity index (χ4v) is 1.86. The highest BCUT2D eigenvalue weighted by Crippen LogP contribution is 2.16. The fourth-order valence-electron chi connectivity index (χ4n) is 1.86. The van der Waals surface area contributed by atoms with Gasteiger partial charge in [-0.2, -0.15) is 0 Å². The highest BCUT2D eigenvalue weighted by Gasteiger charge is 2.06. The molecule has 0 aliphatic rings. The van der Waals surface area contributed by atoms with Crippen LogP contribution >= 0.6 is 0 Å². The molecule has 0 spiro atoms. The van der Waals surface area contributed by atoms with Crippen molar-refractivity contribution >= 4 is 5.69 Å². The van der Waals surface area contributed by atoms with Crippen molar-refractivity contribution in [3.63, 3.8) is 0 Å². The Hall–Kier alpha value is -1.09. The first-order chi connectivity index (χ1) is 8.17. The molecule has 0 amide bonds. The molecule has 0 radical (unpaired) electrons. The van der Waals surface area contributed by atoms with Crippen molar-refractivity contribution in [2.45, 2.75) is 39.2 Å². The Labute approximate surface area is 103 Å². The molecule has 0 aliphatic carbocycles. The number of benzene rings is 1. The van der Waals surface area contributed by atoms with Crippen molar-refractivity contribution in [2.24, 2.45) is 0 Å². The third-order valence-corrected chi connectivity index (χ3v) is 2.99. The molecule has 0 aromatic heterocycles. The summed E-state index contributed by atoms with van der Waals surface area (Å²) in [6.45, 7) is 5.75. The Kier molecular flexibility index (Phi) is 5.98. The molecule has 3 heteroatoms. The molecule has 17 heavy (non-hydrogen) atoms. The normalized spacial score (nSPS) is 12.5. The van der Waals surface area contributed by atoms with Crippen molar-refractivity contribution in [1.29, 1.82) is 0 Å². The van der Waals surface area contributed by atoms with Gasteiger partial charge in [0.2, 0.25) is 0 Å². The third-order valence-electron chi connectivity index (χ3n) is 2.99. The third kappa shape index (κ3) is 4.73. The summed E-state index contributed by atoms with van der Waals surface area (Å²) in [6, 6.07) is 6.66. The van der Waals surface area contributed by atoms with Gasteiger partial charge in [-0.25, -0.2) is 4.39 Å². The van der Waals surface area contributed by atoms with E-state index in [1.807, 2.05) is 13.0 Å². The van der Waals surface area contributed by atoms with E-state index in [0.29, 0.717) is 0 Å². The van der Waals surface area contributed by atoms with Gasteiger partial charge in [-0.05, 0) is 44.4 Å². The van der Waals surface area contributed by atoms with E-state index < -0.39 is 0 Å². The van der Waals surface area contributed by atoms with Crippen LogP contribution in [0.25, 0.3) is 0 Å². The van der Waals surface area contributed by atoms with Crippen LogP contribution in [0.4, 0.5) is 10.1 Å². The van der Waals surface area contributed by atoms with Crippen LogP contribution < -0.4 is 4.90 Å². The predicted octanol–water partition coefficient (Wildman–Crippen LogP) is 3.20. The minimum Gasteiger partial charge on any atom is -0.393 e. The molecular weight excluding hydrogens is 217 g/mol. The molecule has 1 aromatic carbocycles. The highest BCUT2D eigenvalue weighted by molar-refractivity contribution is 5.46. The lowest BCUT2D eigenvalue weighted by atomic mass is 10.1. The Morgan fingerprint density at radius 3 is 2.71 bits per heavy atom. The van der Waals surface area contributed by atoms with E-state index >= 15 is 0 Å². The topological polar surface area (TPSA) is 23.5 Å². The minimum atomic E-state index is -0.207. The van der Waals surface area contributed by atoms with E-state index in [2.05, 4.69) is 11.8 Å². The SMILES string of the molecule is CCC(O)CCCN(CC)c1cccc(F)c1. The number of rotatable bonds is 7. The van der Waals surface area contributed by atoms with E-state index in [1.54, 1.807) is 12.1 Å². The number of hydrogen-bond donors (Lipinski definition) is 1. The first-order valence-electron chi connectivity index (χ1n) is 6.36.